The summed E-state index contributed by atoms with van der Waals surface area (Å²) in [4.78, 5) is 3.13. The second kappa shape index (κ2) is 5.00. The van der Waals surface area contributed by atoms with Crippen molar-refractivity contribution in [3.63, 3.8) is 0 Å². The fourth-order valence-electron chi connectivity index (χ4n) is 1.46. The molecule has 20 heavy (non-hydrogen) atoms. The monoisotopic (exact) mass is 303 g/mol. The predicted octanol–water partition coefficient (Wildman–Crippen LogP) is 1.88. The fourth-order valence-corrected chi connectivity index (χ4v) is 2.59. The molecule has 2 rings (SSSR count). The van der Waals surface area contributed by atoms with Crippen LogP contribution in [0.1, 0.15) is 0 Å². The molecule has 0 aliphatic rings. The second-order valence-electron chi connectivity index (χ2n) is 3.74. The third-order valence-electron chi connectivity index (χ3n) is 2.33. The summed E-state index contributed by atoms with van der Waals surface area (Å²) in [6, 6.07) is 3.24. The first-order valence-electron chi connectivity index (χ1n) is 5.19. The van der Waals surface area contributed by atoms with E-state index in [-0.39, 0.29) is 5.82 Å². The van der Waals surface area contributed by atoms with Gasteiger partial charge in [0.1, 0.15) is 16.5 Å². The van der Waals surface area contributed by atoms with E-state index in [4.69, 9.17) is 5.73 Å². The molecule has 0 unspecified atom stereocenters. The van der Waals surface area contributed by atoms with Crippen LogP contribution in [0.5, 0.6) is 0 Å². The first-order valence-corrected chi connectivity index (χ1v) is 6.67. The van der Waals surface area contributed by atoms with Gasteiger partial charge in [0.2, 0.25) is 0 Å². The van der Waals surface area contributed by atoms with Gasteiger partial charge in [0.25, 0.3) is 10.0 Å². The summed E-state index contributed by atoms with van der Waals surface area (Å²) < 4.78 is 65.0. The minimum absolute atomic E-state index is 0.297. The van der Waals surface area contributed by atoms with Crippen LogP contribution in [0.2, 0.25) is 0 Å². The van der Waals surface area contributed by atoms with E-state index < -0.39 is 38.1 Å². The van der Waals surface area contributed by atoms with Crippen LogP contribution in [0, 0.1) is 17.5 Å². The Morgan fingerprint density at radius 1 is 1.20 bits per heavy atom. The number of benzene rings is 1. The fraction of sp³-hybridized carbons (Fsp3) is 0. The zero-order chi connectivity index (χ0) is 14.9. The molecule has 106 valence electrons. The Balaban J connectivity index is 2.47. The van der Waals surface area contributed by atoms with Gasteiger partial charge in [0.15, 0.2) is 11.6 Å². The molecule has 0 amide bonds. The van der Waals surface area contributed by atoms with Crippen LogP contribution in [-0.2, 0) is 10.0 Å². The molecule has 0 spiro atoms. The summed E-state index contributed by atoms with van der Waals surface area (Å²) >= 11 is 0. The number of nitrogens with one attached hydrogen (secondary N) is 1. The zero-order valence-electron chi connectivity index (χ0n) is 9.77. The Labute approximate surface area is 112 Å². The molecular formula is C11H8F3N3O2S. The first-order chi connectivity index (χ1) is 9.31. The quantitative estimate of drug-likeness (QED) is 0.848. The van der Waals surface area contributed by atoms with E-state index in [2.05, 4.69) is 4.98 Å². The lowest BCUT2D eigenvalue weighted by molar-refractivity contribution is 0.498. The minimum Gasteiger partial charge on any atom is -0.383 e. The van der Waals surface area contributed by atoms with Gasteiger partial charge in [-0.1, -0.05) is 0 Å². The number of anilines is 2. The lowest BCUT2D eigenvalue weighted by Crippen LogP contribution is -2.16. The molecule has 0 radical (unpaired) electrons. The van der Waals surface area contributed by atoms with E-state index in [1.54, 1.807) is 4.72 Å². The molecule has 2 aromatic rings. The number of sulfonamides is 1. The van der Waals surface area contributed by atoms with Crippen LogP contribution in [0.4, 0.5) is 24.7 Å². The third kappa shape index (κ3) is 2.67. The van der Waals surface area contributed by atoms with Crippen LogP contribution in [0.15, 0.2) is 35.4 Å². The van der Waals surface area contributed by atoms with Gasteiger partial charge >= 0.3 is 0 Å². The van der Waals surface area contributed by atoms with Crippen LogP contribution >= 0.6 is 0 Å². The number of rotatable bonds is 3. The Kier molecular flexibility index (Phi) is 3.53. The van der Waals surface area contributed by atoms with Crippen molar-refractivity contribution in [2.45, 2.75) is 4.90 Å². The molecule has 1 aromatic heterocycles. The van der Waals surface area contributed by atoms with Gasteiger partial charge in [-0.2, -0.15) is 0 Å². The zero-order valence-corrected chi connectivity index (χ0v) is 10.6. The Morgan fingerprint density at radius 2 is 1.90 bits per heavy atom. The van der Waals surface area contributed by atoms with Crippen molar-refractivity contribution in [3.8, 4) is 0 Å². The van der Waals surface area contributed by atoms with Gasteiger partial charge in [-0.15, -0.1) is 0 Å². The van der Waals surface area contributed by atoms with Crippen molar-refractivity contribution in [1.82, 2.24) is 4.98 Å². The van der Waals surface area contributed by atoms with Crippen molar-refractivity contribution < 1.29 is 21.6 Å². The number of hydrogen-bond donors (Lipinski definition) is 2. The largest absolute Gasteiger partial charge is 0.383 e. The number of nitrogens with two attached hydrogens (primary N) is 1. The maximum atomic E-state index is 13.4. The summed E-state index contributed by atoms with van der Waals surface area (Å²) in [6.45, 7) is 0. The summed E-state index contributed by atoms with van der Waals surface area (Å²) in [5.74, 6) is -4.47. The van der Waals surface area contributed by atoms with Gasteiger partial charge in [-0.05, 0) is 12.1 Å². The molecular weight excluding hydrogens is 295 g/mol. The van der Waals surface area contributed by atoms with E-state index in [1.165, 1.54) is 12.3 Å². The van der Waals surface area contributed by atoms with E-state index in [0.29, 0.717) is 12.1 Å². The molecule has 0 saturated carbocycles. The highest BCUT2D eigenvalue weighted by Crippen LogP contribution is 2.24. The minimum atomic E-state index is -4.31. The van der Waals surface area contributed by atoms with Gasteiger partial charge in [0, 0.05) is 18.3 Å². The Bertz CT molecular complexity index is 766. The topological polar surface area (TPSA) is 85.1 Å². The first kappa shape index (κ1) is 14.1. The maximum Gasteiger partial charge on any atom is 0.265 e. The molecule has 1 aromatic carbocycles. The Morgan fingerprint density at radius 3 is 2.55 bits per heavy atom. The summed E-state index contributed by atoms with van der Waals surface area (Å²) in [7, 11) is -4.31. The van der Waals surface area contributed by atoms with Gasteiger partial charge in [0.05, 0.1) is 5.69 Å². The molecule has 5 nitrogen and oxygen atoms in total. The number of pyridine rings is 1. The standard InChI is InChI=1S/C11H8F3N3O2S/c12-6-4-7(13)10(14)8(5-6)17-20(18,19)9-2-1-3-16-11(9)15/h1-5,17H,(H2,15,16). The third-order valence-corrected chi connectivity index (χ3v) is 3.74. The van der Waals surface area contributed by atoms with Crippen LogP contribution in [-0.4, -0.2) is 13.4 Å². The Hall–Kier alpha value is -2.29. The smallest absolute Gasteiger partial charge is 0.265 e. The van der Waals surface area contributed by atoms with Gasteiger partial charge in [-0.25, -0.2) is 26.6 Å². The highest BCUT2D eigenvalue weighted by molar-refractivity contribution is 7.92. The van der Waals surface area contributed by atoms with Crippen LogP contribution in [0.3, 0.4) is 0 Å². The second-order valence-corrected chi connectivity index (χ2v) is 5.39. The SMILES string of the molecule is Nc1ncccc1S(=O)(=O)Nc1cc(F)cc(F)c1F. The van der Waals surface area contributed by atoms with Crippen molar-refractivity contribution in [3.05, 3.63) is 47.9 Å². The number of nitrogens with zero attached hydrogens (tertiary/aromatic N) is 1. The van der Waals surface area contributed by atoms with Crippen molar-refractivity contribution in [2.24, 2.45) is 0 Å². The number of hydrogen-bond acceptors (Lipinski definition) is 4. The van der Waals surface area contributed by atoms with Crippen molar-refractivity contribution >= 4 is 21.5 Å². The predicted molar refractivity (Wildman–Crippen MR) is 65.8 cm³/mol. The lowest BCUT2D eigenvalue weighted by Gasteiger charge is -2.10. The molecule has 3 N–H and O–H groups in total. The summed E-state index contributed by atoms with van der Waals surface area (Å²) in [5, 5.41) is 0. The molecule has 0 aliphatic carbocycles. The molecule has 1 heterocycles. The maximum absolute atomic E-state index is 13.4. The molecule has 0 atom stereocenters. The highest BCUT2D eigenvalue weighted by Gasteiger charge is 2.21. The van der Waals surface area contributed by atoms with Crippen LogP contribution in [0.25, 0.3) is 0 Å². The van der Waals surface area contributed by atoms with Gasteiger partial charge in [-0.3, -0.25) is 4.72 Å². The molecule has 9 heteroatoms. The molecule has 0 fully saturated rings. The number of halogens is 3. The average molecular weight is 303 g/mol. The van der Waals surface area contributed by atoms with E-state index in [9.17, 15) is 21.6 Å². The number of nitrogen functional groups attached to an aromatic ring is 1. The average Bonchev–Trinajstić information content (AvgIpc) is 2.35. The molecule has 0 aliphatic heterocycles. The van der Waals surface area contributed by atoms with Crippen molar-refractivity contribution in [2.75, 3.05) is 10.5 Å². The van der Waals surface area contributed by atoms with Gasteiger partial charge < -0.3 is 5.73 Å². The van der Waals surface area contributed by atoms with E-state index >= 15 is 0 Å². The van der Waals surface area contributed by atoms with E-state index in [0.717, 1.165) is 6.07 Å². The van der Waals surface area contributed by atoms with Crippen LogP contribution < -0.4 is 10.5 Å². The normalized spacial score (nSPS) is 11.3. The highest BCUT2D eigenvalue weighted by atomic mass is 32.2. The van der Waals surface area contributed by atoms with E-state index in [1.807, 2.05) is 0 Å². The molecule has 0 bridgehead atoms. The molecule has 0 saturated heterocycles. The summed E-state index contributed by atoms with van der Waals surface area (Å²) in [5.41, 5.74) is 4.53. The number of aromatic nitrogens is 1. The summed E-state index contributed by atoms with van der Waals surface area (Å²) in [6.07, 6.45) is 1.26. The lowest BCUT2D eigenvalue weighted by atomic mass is 10.3. The van der Waals surface area contributed by atoms with Crippen molar-refractivity contribution in [1.29, 1.82) is 0 Å².